The highest BCUT2D eigenvalue weighted by Gasteiger charge is 2.32. The maximum atomic E-state index is 12.2. The van der Waals surface area contributed by atoms with Gasteiger partial charge in [0.2, 0.25) is 11.8 Å². The number of carbonyl (C=O) groups excluding carboxylic acids is 2. The highest BCUT2D eigenvalue weighted by molar-refractivity contribution is 8.15. The van der Waals surface area contributed by atoms with E-state index in [9.17, 15) is 30.4 Å². The van der Waals surface area contributed by atoms with Crippen molar-refractivity contribution in [2.75, 3.05) is 22.3 Å². The van der Waals surface area contributed by atoms with Crippen LogP contribution in [0.2, 0.25) is 0 Å². The summed E-state index contributed by atoms with van der Waals surface area (Å²) in [5.41, 5.74) is -0.834. The molecule has 12 heteroatoms. The fourth-order valence-electron chi connectivity index (χ4n) is 2.04. The van der Waals surface area contributed by atoms with Gasteiger partial charge in [0.25, 0.3) is 0 Å². The Bertz CT molecular complexity index is 739. The number of nitrogens with zero attached hydrogens (tertiary/aromatic N) is 3. The molecule has 140 valence electrons. The molecule has 1 fully saturated rings. The molecule has 26 heavy (non-hydrogen) atoms. The molecular weight excluding hydrogens is 366 g/mol. The number of anilines is 3. The van der Waals surface area contributed by atoms with E-state index in [4.69, 9.17) is 0 Å². The van der Waals surface area contributed by atoms with Crippen LogP contribution in [0, 0.1) is 10.4 Å². The molecule has 1 unspecified atom stereocenters. The van der Waals surface area contributed by atoms with E-state index in [1.807, 2.05) is 0 Å². The van der Waals surface area contributed by atoms with Crippen molar-refractivity contribution in [3.8, 4) is 0 Å². The summed E-state index contributed by atoms with van der Waals surface area (Å²) in [5, 5.41) is 43.5. The molecule has 1 atom stereocenters. The van der Waals surface area contributed by atoms with Crippen LogP contribution >= 0.6 is 11.8 Å². The number of amidine groups is 1. The van der Waals surface area contributed by atoms with Gasteiger partial charge < -0.3 is 26.3 Å². The zero-order chi connectivity index (χ0) is 19.3. The van der Waals surface area contributed by atoms with Crippen molar-refractivity contribution in [2.45, 2.75) is 11.7 Å². The van der Waals surface area contributed by atoms with E-state index in [1.165, 1.54) is 0 Å². The van der Waals surface area contributed by atoms with E-state index in [2.05, 4.69) is 22.2 Å². The lowest BCUT2D eigenvalue weighted by Crippen LogP contribution is -2.28. The van der Waals surface area contributed by atoms with Gasteiger partial charge in [0.1, 0.15) is 10.9 Å². The number of thioether (sulfide) groups is 1. The molecular formula is C14H15N5O6S-2. The Labute approximate surface area is 152 Å². The SMILES string of the molecule is C=CCN=C1NC(=O)C(CC(=O)Nc2ccc(N([O-])[O-])cc2N(O)O)S1. The van der Waals surface area contributed by atoms with E-state index in [1.54, 1.807) is 6.08 Å². The van der Waals surface area contributed by atoms with Gasteiger partial charge in [0, 0.05) is 12.1 Å². The minimum absolute atomic E-state index is 0.0606. The van der Waals surface area contributed by atoms with Gasteiger partial charge in [-0.15, -0.1) is 11.8 Å². The maximum Gasteiger partial charge on any atom is 0.240 e. The van der Waals surface area contributed by atoms with Crippen molar-refractivity contribution >= 4 is 45.8 Å². The van der Waals surface area contributed by atoms with E-state index in [0.29, 0.717) is 11.7 Å². The molecule has 0 aromatic heterocycles. The van der Waals surface area contributed by atoms with Crippen molar-refractivity contribution < 1.29 is 20.0 Å². The molecule has 1 aliphatic heterocycles. The minimum atomic E-state index is -0.720. The molecule has 1 heterocycles. The smallest absolute Gasteiger partial charge is 0.240 e. The Kier molecular flexibility index (Phi) is 6.54. The molecule has 0 aliphatic carbocycles. The summed E-state index contributed by atoms with van der Waals surface area (Å²) in [7, 11) is 0. The molecule has 0 bridgehead atoms. The number of nitrogens with one attached hydrogen (secondary N) is 2. The van der Waals surface area contributed by atoms with Gasteiger partial charge in [0.05, 0.1) is 12.2 Å². The molecule has 4 N–H and O–H groups in total. The summed E-state index contributed by atoms with van der Waals surface area (Å²) in [4.78, 5) is 28.1. The summed E-state index contributed by atoms with van der Waals surface area (Å²) < 4.78 is 0. The molecule has 2 amide bonds. The highest BCUT2D eigenvalue weighted by atomic mass is 32.2. The van der Waals surface area contributed by atoms with Crippen LogP contribution in [0.3, 0.4) is 0 Å². The lowest BCUT2D eigenvalue weighted by Gasteiger charge is -2.38. The second-order valence-electron chi connectivity index (χ2n) is 5.03. The topological polar surface area (TPSA) is 164 Å². The summed E-state index contributed by atoms with van der Waals surface area (Å²) >= 11 is 1.10. The quantitative estimate of drug-likeness (QED) is 0.401. The molecule has 0 spiro atoms. The van der Waals surface area contributed by atoms with Gasteiger partial charge in [-0.1, -0.05) is 17.8 Å². The Morgan fingerprint density at radius 3 is 2.81 bits per heavy atom. The van der Waals surface area contributed by atoms with Crippen LogP contribution in [0.4, 0.5) is 17.1 Å². The van der Waals surface area contributed by atoms with Crippen molar-refractivity contribution in [1.82, 2.24) is 5.32 Å². The largest absolute Gasteiger partial charge is 0.769 e. The van der Waals surface area contributed by atoms with Crippen LogP contribution in [-0.4, -0.2) is 39.2 Å². The van der Waals surface area contributed by atoms with E-state index in [-0.39, 0.29) is 34.6 Å². The summed E-state index contributed by atoms with van der Waals surface area (Å²) in [5.74, 6) is -0.956. The van der Waals surface area contributed by atoms with Crippen LogP contribution in [0.5, 0.6) is 0 Å². The molecule has 1 aromatic carbocycles. The first-order valence-corrected chi connectivity index (χ1v) is 8.08. The van der Waals surface area contributed by atoms with Gasteiger partial charge in [-0.2, -0.15) is 0 Å². The van der Waals surface area contributed by atoms with Gasteiger partial charge in [-0.25, -0.2) is 0 Å². The Morgan fingerprint density at radius 1 is 1.46 bits per heavy atom. The van der Waals surface area contributed by atoms with E-state index >= 15 is 0 Å². The summed E-state index contributed by atoms with van der Waals surface area (Å²) in [6, 6.07) is 3.13. The predicted molar refractivity (Wildman–Crippen MR) is 97.0 cm³/mol. The lowest BCUT2D eigenvalue weighted by molar-refractivity contribution is -0.122. The monoisotopic (exact) mass is 381 g/mol. The second kappa shape index (κ2) is 8.64. The predicted octanol–water partition coefficient (Wildman–Crippen LogP) is 1.18. The van der Waals surface area contributed by atoms with Crippen molar-refractivity contribution in [2.24, 2.45) is 4.99 Å². The Morgan fingerprint density at radius 2 is 2.19 bits per heavy atom. The van der Waals surface area contributed by atoms with Crippen molar-refractivity contribution in [1.29, 1.82) is 0 Å². The van der Waals surface area contributed by atoms with Gasteiger partial charge >= 0.3 is 0 Å². The highest BCUT2D eigenvalue weighted by Crippen LogP contribution is 2.30. The van der Waals surface area contributed by atoms with Crippen LogP contribution in [0.15, 0.2) is 35.8 Å². The van der Waals surface area contributed by atoms with Gasteiger partial charge in [0.15, 0.2) is 5.17 Å². The Hall–Kier alpha value is -2.64. The lowest BCUT2D eigenvalue weighted by atomic mass is 10.2. The normalized spacial score (nSPS) is 17.8. The molecule has 0 saturated carbocycles. The molecule has 2 rings (SSSR count). The molecule has 0 radical (unpaired) electrons. The fraction of sp³-hybridized carbons (Fsp3) is 0.214. The maximum absolute atomic E-state index is 12.2. The molecule has 1 aromatic rings. The summed E-state index contributed by atoms with van der Waals surface area (Å²) in [6.45, 7) is 3.84. The third kappa shape index (κ3) is 4.93. The number of hydrogen-bond donors (Lipinski definition) is 4. The standard InChI is InChI=1S/C14H15N5O6S/c1-2-5-15-14-17-13(21)11(26-14)7-12(20)16-9-4-3-8(18(22)23)6-10(9)19(24)25/h2-4,6,11,24-25H,1,5,7H2,(H,16,20)(H,15,17,21)/q-2. The number of rotatable bonds is 7. The van der Waals surface area contributed by atoms with E-state index < -0.39 is 16.4 Å². The van der Waals surface area contributed by atoms with Crippen LogP contribution in [-0.2, 0) is 9.59 Å². The number of hydrogen-bond acceptors (Lipinski definition) is 10. The number of carbonyl (C=O) groups is 2. The number of amides is 2. The third-order valence-electron chi connectivity index (χ3n) is 3.19. The van der Waals surface area contributed by atoms with Crippen LogP contribution in [0.1, 0.15) is 6.42 Å². The van der Waals surface area contributed by atoms with Crippen molar-refractivity contribution in [3.63, 3.8) is 0 Å². The third-order valence-corrected chi connectivity index (χ3v) is 4.31. The average molecular weight is 381 g/mol. The first-order valence-electron chi connectivity index (χ1n) is 7.21. The zero-order valence-electron chi connectivity index (χ0n) is 13.3. The molecule has 1 aliphatic rings. The molecule has 1 saturated heterocycles. The number of benzene rings is 1. The van der Waals surface area contributed by atoms with Gasteiger partial charge in [-0.3, -0.25) is 25.0 Å². The van der Waals surface area contributed by atoms with Crippen molar-refractivity contribution in [3.05, 3.63) is 41.3 Å². The Balaban J connectivity index is 2.06. The first-order chi connectivity index (χ1) is 12.3. The van der Waals surface area contributed by atoms with E-state index in [0.717, 1.165) is 30.0 Å². The number of aliphatic imine (C=N–C) groups is 1. The van der Waals surface area contributed by atoms with Crippen LogP contribution < -0.4 is 21.1 Å². The first kappa shape index (κ1) is 19.7. The molecule has 11 nitrogen and oxygen atoms in total. The fourth-order valence-corrected chi connectivity index (χ4v) is 3.02. The summed E-state index contributed by atoms with van der Waals surface area (Å²) in [6.07, 6.45) is 1.36. The zero-order valence-corrected chi connectivity index (χ0v) is 14.1. The average Bonchev–Trinajstić information content (AvgIpc) is 2.92. The van der Waals surface area contributed by atoms with Gasteiger partial charge in [-0.05, 0) is 18.2 Å². The second-order valence-corrected chi connectivity index (χ2v) is 6.22. The minimum Gasteiger partial charge on any atom is -0.769 e. The van der Waals surface area contributed by atoms with Crippen LogP contribution in [0.25, 0.3) is 0 Å².